The van der Waals surface area contributed by atoms with E-state index >= 15 is 0 Å². The number of rotatable bonds is 35. The van der Waals surface area contributed by atoms with Gasteiger partial charge in [0.25, 0.3) is 23.6 Å². The lowest BCUT2D eigenvalue weighted by Gasteiger charge is -2.19. The van der Waals surface area contributed by atoms with Crippen LogP contribution in [0.2, 0.25) is 0 Å². The van der Waals surface area contributed by atoms with Crippen LogP contribution in [-0.4, -0.2) is 184 Å². The Bertz CT molecular complexity index is 3160. The maximum Gasteiger partial charge on any atom is 0.291 e. The van der Waals surface area contributed by atoms with Crippen molar-refractivity contribution in [1.82, 2.24) is 28.2 Å². The van der Waals surface area contributed by atoms with E-state index in [9.17, 15) is 24.0 Å². The molecule has 1 fully saturated rings. The second-order valence-electron chi connectivity index (χ2n) is 18.9. The fraction of sp³-hybridized carbons (Fsp3) is 0.421. The molecule has 1 saturated heterocycles. The second kappa shape index (κ2) is 31.2. The molecule has 440 valence electrons. The van der Waals surface area contributed by atoms with Crippen LogP contribution in [0.3, 0.4) is 0 Å². The lowest BCUT2D eigenvalue weighted by Crippen LogP contribution is -2.28. The first kappa shape index (κ1) is 61.4. The number of likely N-dealkylation sites (tertiary alicyclic amines) is 1. The molecular formula is C57H73N11O14. The van der Waals surface area contributed by atoms with Gasteiger partial charge in [0.1, 0.15) is 18.0 Å². The van der Waals surface area contributed by atoms with Gasteiger partial charge in [-0.1, -0.05) is 12.2 Å². The minimum Gasteiger partial charge on any atom is -0.490 e. The molecule has 0 radical (unpaired) electrons. The zero-order valence-electron chi connectivity index (χ0n) is 46.9. The highest BCUT2D eigenvalue weighted by Crippen LogP contribution is 2.37. The van der Waals surface area contributed by atoms with Gasteiger partial charge in [-0.25, -0.2) is 4.98 Å². The molecule has 0 saturated carbocycles. The van der Waals surface area contributed by atoms with Crippen molar-refractivity contribution in [2.45, 2.75) is 19.3 Å². The normalized spacial score (nSPS) is 12.3. The predicted molar refractivity (Wildman–Crippen MR) is 307 cm³/mol. The summed E-state index contributed by atoms with van der Waals surface area (Å²) >= 11 is 0. The van der Waals surface area contributed by atoms with E-state index in [4.69, 9.17) is 48.4 Å². The fourth-order valence-electron chi connectivity index (χ4n) is 8.60. The number of hydrogen-bond donors (Lipinski definition) is 4. The number of benzene rings is 2. The lowest BCUT2D eigenvalue weighted by atomic mass is 10.1. The highest BCUT2D eigenvalue weighted by molar-refractivity contribution is 6.08. The van der Waals surface area contributed by atoms with E-state index in [0.717, 1.165) is 11.0 Å². The Hall–Kier alpha value is -8.17. The third-order valence-electron chi connectivity index (χ3n) is 12.7. The maximum atomic E-state index is 13.6. The topological polar surface area (TPSA) is 279 Å². The zero-order valence-corrected chi connectivity index (χ0v) is 46.9. The van der Waals surface area contributed by atoms with Crippen LogP contribution < -0.4 is 31.2 Å². The number of fused-ring (bicyclic) bond motifs is 1. The molecule has 0 aliphatic carbocycles. The molecule has 6 aromatic rings. The molecule has 1 aliphatic heterocycles. The summed E-state index contributed by atoms with van der Waals surface area (Å²) in [7, 11) is 6.60. The number of carbonyl (C=O) groups excluding carboxylic acids is 5. The van der Waals surface area contributed by atoms with Crippen LogP contribution in [0.5, 0.6) is 11.5 Å². The molecule has 7 rings (SSSR count). The maximum absolute atomic E-state index is 13.6. The summed E-state index contributed by atoms with van der Waals surface area (Å²) in [6, 6.07) is 13.4. The number of aliphatic imine (C=N–C) groups is 1. The van der Waals surface area contributed by atoms with E-state index < -0.39 is 11.8 Å². The first-order valence-electron chi connectivity index (χ1n) is 26.7. The molecule has 5 N–H and O–H groups in total. The van der Waals surface area contributed by atoms with Gasteiger partial charge in [-0.05, 0) is 62.0 Å². The van der Waals surface area contributed by atoms with Crippen LogP contribution in [0.25, 0.3) is 10.9 Å². The van der Waals surface area contributed by atoms with E-state index in [1.54, 1.807) is 97.3 Å². The Morgan fingerprint density at radius 2 is 1.22 bits per heavy atom. The quantitative estimate of drug-likeness (QED) is 0.0166. The highest BCUT2D eigenvalue weighted by Gasteiger charge is 2.26. The summed E-state index contributed by atoms with van der Waals surface area (Å²) in [6.07, 6.45) is 7.41. The third kappa shape index (κ3) is 17.7. The average molecular weight is 1140 g/mol. The van der Waals surface area contributed by atoms with Crippen LogP contribution in [0.1, 0.15) is 61.2 Å². The fourth-order valence-corrected chi connectivity index (χ4v) is 8.60. The Morgan fingerprint density at radius 3 is 1.83 bits per heavy atom. The monoisotopic (exact) mass is 1140 g/mol. The molecule has 25 heteroatoms. The molecule has 4 aromatic heterocycles. The summed E-state index contributed by atoms with van der Waals surface area (Å²) < 4.78 is 56.5. The Labute approximate surface area is 475 Å². The van der Waals surface area contributed by atoms with Gasteiger partial charge in [0.15, 0.2) is 17.3 Å². The van der Waals surface area contributed by atoms with E-state index in [2.05, 4.69) is 39.2 Å². The molecule has 2 aromatic carbocycles. The van der Waals surface area contributed by atoms with E-state index in [1.165, 1.54) is 21.4 Å². The Kier molecular flexibility index (Phi) is 23.3. The number of nitrogens with zero attached hydrogens (tertiary/aromatic N) is 7. The SMILES string of the molecule is C=Nc1cc(OCCCC(=O)Nc2cn(C)c(C(=O)Nc3cc(C(=O)Nc4cc(C(=O)n5ccc6cc(N)ccc65)n(C)c4)n(C)c3)n2)c(OCCOCCOCCOCCOCCOCCOCCOC)cc1C(=O)N1CCC(=C)C1. The van der Waals surface area contributed by atoms with Crippen molar-refractivity contribution in [3.8, 4) is 11.5 Å². The predicted octanol–water partition coefficient (Wildman–Crippen LogP) is 5.48. The van der Waals surface area contributed by atoms with Crippen LogP contribution in [-0.2, 0) is 59.1 Å². The number of nitrogens with one attached hydrogen (secondary N) is 3. The van der Waals surface area contributed by atoms with Crippen molar-refractivity contribution in [2.75, 3.05) is 141 Å². The molecule has 1 aliphatic rings. The molecule has 82 heavy (non-hydrogen) atoms. The van der Waals surface area contributed by atoms with Gasteiger partial charge in [-0.2, -0.15) is 0 Å². The number of carbonyl (C=O) groups is 5. The summed E-state index contributed by atoms with van der Waals surface area (Å²) in [5.74, 6) is -1.24. The number of ether oxygens (including phenoxy) is 9. The van der Waals surface area contributed by atoms with Gasteiger partial charge in [0, 0.05) is 89.7 Å². The van der Waals surface area contributed by atoms with Crippen molar-refractivity contribution >= 4 is 75.7 Å². The summed E-state index contributed by atoms with van der Waals surface area (Å²) in [6.45, 7) is 14.5. The van der Waals surface area contributed by atoms with Crippen molar-refractivity contribution < 1.29 is 66.6 Å². The van der Waals surface area contributed by atoms with E-state index in [1.807, 2.05) is 6.07 Å². The number of hydrogen-bond acceptors (Lipinski definition) is 17. The molecule has 0 spiro atoms. The standard InChI is InChI=1S/C57H73N11O14/c1-39-11-13-67(35-39)56(72)44-33-49(82-29-28-80-27-26-79-25-24-78-23-22-77-21-20-76-19-18-75-17-16-74-6)50(34-45(44)59-2)81-15-7-8-52(69)62-51-38-66(5)53(63-51)55(71)61-42-31-47(64(3)36-42)54(70)60-43-32-48(65(4)37-43)57(73)68-14-12-40-30-41(58)9-10-46(40)68/h9-10,12,14,30-34,36-38H,1-2,7-8,11,13,15-29,35,58H2,3-6H3,(H,60,70)(H,61,71)(H,62,69). The van der Waals surface area contributed by atoms with Gasteiger partial charge >= 0.3 is 0 Å². The average Bonchev–Trinajstić information content (AvgIpc) is 4.33. The number of aromatic nitrogens is 5. The van der Waals surface area contributed by atoms with Crippen LogP contribution >= 0.6 is 0 Å². The number of amides is 4. The third-order valence-corrected chi connectivity index (χ3v) is 12.7. The number of nitrogen functional groups attached to an aromatic ring is 1. The smallest absolute Gasteiger partial charge is 0.291 e. The number of imidazole rings is 1. The molecule has 0 unspecified atom stereocenters. The number of nitrogens with two attached hydrogens (primary N) is 1. The Morgan fingerprint density at radius 1 is 0.646 bits per heavy atom. The van der Waals surface area contributed by atoms with Gasteiger partial charge in [-0.3, -0.25) is 33.5 Å². The summed E-state index contributed by atoms with van der Waals surface area (Å²) in [4.78, 5) is 77.4. The molecule has 25 nitrogen and oxygen atoms in total. The van der Waals surface area contributed by atoms with Crippen molar-refractivity contribution in [2.24, 2.45) is 26.1 Å². The number of methoxy groups -OCH3 is 1. The second-order valence-corrected chi connectivity index (χ2v) is 18.9. The lowest BCUT2D eigenvalue weighted by molar-refractivity contribution is -0.116. The first-order valence-corrected chi connectivity index (χ1v) is 26.7. The van der Waals surface area contributed by atoms with Gasteiger partial charge in [0.2, 0.25) is 11.7 Å². The Balaban J connectivity index is 0.829. The van der Waals surface area contributed by atoms with Crippen LogP contribution in [0.4, 0.5) is 28.6 Å². The molecule has 0 bridgehead atoms. The summed E-state index contributed by atoms with van der Waals surface area (Å²) in [5, 5.41) is 9.15. The van der Waals surface area contributed by atoms with Crippen molar-refractivity contribution in [1.29, 1.82) is 0 Å². The first-order chi connectivity index (χ1) is 39.7. The van der Waals surface area contributed by atoms with E-state index in [-0.39, 0.29) is 73.5 Å². The van der Waals surface area contributed by atoms with Crippen molar-refractivity contribution in [3.63, 3.8) is 0 Å². The molecule has 4 amide bonds. The molecule has 5 heterocycles. The largest absolute Gasteiger partial charge is 0.490 e. The van der Waals surface area contributed by atoms with Gasteiger partial charge in [-0.15, -0.1) is 0 Å². The highest BCUT2D eigenvalue weighted by atomic mass is 16.6. The number of aryl methyl sites for hydroxylation is 3. The van der Waals surface area contributed by atoms with Crippen molar-refractivity contribution in [3.05, 3.63) is 108 Å². The minimum atomic E-state index is -0.586. The number of anilines is 4. The molecular weight excluding hydrogens is 1060 g/mol. The van der Waals surface area contributed by atoms with Crippen LogP contribution in [0.15, 0.2) is 90.5 Å². The minimum absolute atomic E-state index is 0.00203. The zero-order chi connectivity index (χ0) is 58.4. The summed E-state index contributed by atoms with van der Waals surface area (Å²) in [5.41, 5.74) is 10.0. The van der Waals surface area contributed by atoms with Gasteiger partial charge < -0.3 is 82.9 Å². The van der Waals surface area contributed by atoms with Gasteiger partial charge in [0.05, 0.1) is 121 Å². The molecule has 0 atom stereocenters. The van der Waals surface area contributed by atoms with Crippen LogP contribution in [0, 0.1) is 0 Å². The van der Waals surface area contributed by atoms with E-state index in [0.29, 0.717) is 144 Å².